The number of ketones is 1. The molecule has 0 saturated carbocycles. The van der Waals surface area contributed by atoms with Crippen LogP contribution in [0.4, 0.5) is 10.7 Å². The predicted octanol–water partition coefficient (Wildman–Crippen LogP) is 4.74. The minimum atomic E-state index is -0.661. The lowest BCUT2D eigenvalue weighted by atomic mass is 9.96. The van der Waals surface area contributed by atoms with Crippen LogP contribution in [0, 0.1) is 19.3 Å². The maximum absolute atomic E-state index is 12.7. The summed E-state index contributed by atoms with van der Waals surface area (Å²) >= 11 is 1.30. The summed E-state index contributed by atoms with van der Waals surface area (Å²) in [5.41, 5.74) is 1.31. The topological polar surface area (TPSA) is 102 Å². The number of Topliss-reactive ketones (excluding diaryl/α,β-unsaturated/α-hetero) is 1. The van der Waals surface area contributed by atoms with Gasteiger partial charge in [0.25, 0.3) is 0 Å². The second kappa shape index (κ2) is 9.87. The van der Waals surface area contributed by atoms with Gasteiger partial charge in [-0.3, -0.25) is 14.4 Å². The number of aryl methyl sites for hydroxylation is 1. The minimum absolute atomic E-state index is 0.121. The summed E-state index contributed by atoms with van der Waals surface area (Å²) in [6, 6.07) is 6.37. The lowest BCUT2D eigenvalue weighted by molar-refractivity contribution is -0.123. The molecule has 0 fully saturated rings. The SMILES string of the molecule is CCC(=O)Nc1ccc(C(=O)COC(=O)c2c(NC(=O)C(C)(C)C)sc(C)c2C)cc1. The van der Waals surface area contributed by atoms with E-state index in [9.17, 15) is 19.2 Å². The molecule has 1 aromatic carbocycles. The number of carbonyl (C=O) groups excluding carboxylic acids is 4. The number of hydrogen-bond acceptors (Lipinski definition) is 6. The molecular weight excluding hydrogens is 416 g/mol. The number of carbonyl (C=O) groups is 4. The van der Waals surface area contributed by atoms with Crippen molar-refractivity contribution < 1.29 is 23.9 Å². The summed E-state index contributed by atoms with van der Waals surface area (Å²) < 4.78 is 5.26. The van der Waals surface area contributed by atoms with Gasteiger partial charge in [-0.25, -0.2) is 4.79 Å². The molecule has 2 rings (SSSR count). The Bertz CT molecular complexity index is 1000. The molecule has 0 unspecified atom stereocenters. The van der Waals surface area contributed by atoms with Crippen molar-refractivity contribution >= 4 is 45.6 Å². The van der Waals surface area contributed by atoms with Crippen molar-refractivity contribution in [3.8, 4) is 0 Å². The summed E-state index contributed by atoms with van der Waals surface area (Å²) in [4.78, 5) is 49.8. The molecule has 166 valence electrons. The Hall–Kier alpha value is -3.00. The smallest absolute Gasteiger partial charge is 0.341 e. The quantitative estimate of drug-likeness (QED) is 0.474. The maximum Gasteiger partial charge on any atom is 0.341 e. The zero-order chi connectivity index (χ0) is 23.3. The highest BCUT2D eigenvalue weighted by Crippen LogP contribution is 2.34. The van der Waals surface area contributed by atoms with Crippen LogP contribution in [-0.2, 0) is 14.3 Å². The number of anilines is 2. The van der Waals surface area contributed by atoms with Crippen molar-refractivity contribution in [2.24, 2.45) is 5.41 Å². The van der Waals surface area contributed by atoms with E-state index in [2.05, 4.69) is 10.6 Å². The maximum atomic E-state index is 12.7. The highest BCUT2D eigenvalue weighted by Gasteiger charge is 2.27. The largest absolute Gasteiger partial charge is 0.454 e. The van der Waals surface area contributed by atoms with Crippen LogP contribution < -0.4 is 10.6 Å². The van der Waals surface area contributed by atoms with Crippen LogP contribution in [0.3, 0.4) is 0 Å². The van der Waals surface area contributed by atoms with Crippen LogP contribution in [0.1, 0.15) is 65.3 Å². The molecule has 8 heteroatoms. The normalized spacial score (nSPS) is 11.0. The highest BCUT2D eigenvalue weighted by molar-refractivity contribution is 7.16. The van der Waals surface area contributed by atoms with Gasteiger partial charge < -0.3 is 15.4 Å². The van der Waals surface area contributed by atoms with Crippen LogP contribution in [0.5, 0.6) is 0 Å². The standard InChI is InChI=1S/C23H28N2O5S/c1-7-18(27)24-16-10-8-15(9-11-16)17(26)12-30-21(28)19-13(2)14(3)31-20(19)25-22(29)23(4,5)6/h8-11H,7,12H2,1-6H3,(H,24,27)(H,25,29). The first-order chi connectivity index (χ1) is 14.4. The van der Waals surface area contributed by atoms with Crippen LogP contribution in [0.25, 0.3) is 0 Å². The molecule has 0 aliphatic heterocycles. The van der Waals surface area contributed by atoms with Gasteiger partial charge in [0.2, 0.25) is 11.8 Å². The Morgan fingerprint density at radius 2 is 1.61 bits per heavy atom. The molecule has 0 aliphatic rings. The summed E-state index contributed by atoms with van der Waals surface area (Å²) in [7, 11) is 0. The average molecular weight is 445 g/mol. The molecule has 7 nitrogen and oxygen atoms in total. The zero-order valence-electron chi connectivity index (χ0n) is 18.7. The second-order valence-electron chi connectivity index (χ2n) is 8.17. The summed E-state index contributed by atoms with van der Waals surface area (Å²) in [6.45, 7) is 10.3. The van der Waals surface area contributed by atoms with Gasteiger partial charge >= 0.3 is 5.97 Å². The minimum Gasteiger partial charge on any atom is -0.454 e. The molecule has 0 radical (unpaired) electrons. The molecule has 0 atom stereocenters. The summed E-state index contributed by atoms with van der Waals surface area (Å²) in [5.74, 6) is -1.37. The fourth-order valence-corrected chi connectivity index (χ4v) is 3.57. The number of esters is 1. The average Bonchev–Trinajstić information content (AvgIpc) is 2.98. The second-order valence-corrected chi connectivity index (χ2v) is 9.39. The number of rotatable bonds is 7. The first kappa shape index (κ1) is 24.3. The van der Waals surface area contributed by atoms with Gasteiger partial charge in [-0.15, -0.1) is 11.3 Å². The molecular formula is C23H28N2O5S. The van der Waals surface area contributed by atoms with E-state index in [1.807, 2.05) is 6.92 Å². The lowest BCUT2D eigenvalue weighted by Gasteiger charge is -2.17. The molecule has 1 heterocycles. The Morgan fingerprint density at radius 1 is 1.00 bits per heavy atom. The lowest BCUT2D eigenvalue weighted by Crippen LogP contribution is -2.28. The third-order valence-electron chi connectivity index (χ3n) is 4.64. The summed E-state index contributed by atoms with van der Waals surface area (Å²) in [5, 5.41) is 5.92. The van der Waals surface area contributed by atoms with E-state index < -0.39 is 18.0 Å². The van der Waals surface area contributed by atoms with Gasteiger partial charge in [0.15, 0.2) is 12.4 Å². The third-order valence-corrected chi connectivity index (χ3v) is 5.77. The first-order valence-corrected chi connectivity index (χ1v) is 10.8. The Balaban J connectivity index is 2.08. The number of hydrogen-bond donors (Lipinski definition) is 2. The molecule has 2 aromatic rings. The van der Waals surface area contributed by atoms with Crippen LogP contribution in [0.15, 0.2) is 24.3 Å². The predicted molar refractivity (Wildman–Crippen MR) is 122 cm³/mol. The van der Waals surface area contributed by atoms with Gasteiger partial charge in [0.1, 0.15) is 5.00 Å². The highest BCUT2D eigenvalue weighted by atomic mass is 32.1. The van der Waals surface area contributed by atoms with Crippen molar-refractivity contribution in [1.29, 1.82) is 0 Å². The number of thiophene rings is 1. The number of nitrogens with one attached hydrogen (secondary N) is 2. The van der Waals surface area contributed by atoms with Crippen LogP contribution in [-0.4, -0.2) is 30.2 Å². The Kier molecular flexibility index (Phi) is 7.73. The number of amides is 2. The third kappa shape index (κ3) is 6.24. The van der Waals surface area contributed by atoms with Gasteiger partial charge in [0, 0.05) is 28.0 Å². The monoisotopic (exact) mass is 444 g/mol. The molecule has 0 saturated heterocycles. The van der Waals surface area contributed by atoms with Crippen molar-refractivity contribution in [1.82, 2.24) is 0 Å². The van der Waals surface area contributed by atoms with E-state index in [0.29, 0.717) is 28.2 Å². The van der Waals surface area contributed by atoms with Gasteiger partial charge in [0.05, 0.1) is 5.56 Å². The molecule has 1 aromatic heterocycles. The van der Waals surface area contributed by atoms with E-state index in [-0.39, 0.29) is 23.2 Å². The Morgan fingerprint density at radius 3 is 2.16 bits per heavy atom. The van der Waals surface area contributed by atoms with E-state index in [0.717, 1.165) is 4.88 Å². The van der Waals surface area contributed by atoms with Gasteiger partial charge in [-0.05, 0) is 43.7 Å². The molecule has 31 heavy (non-hydrogen) atoms. The first-order valence-electron chi connectivity index (χ1n) is 9.95. The van der Waals surface area contributed by atoms with Gasteiger partial charge in [-0.2, -0.15) is 0 Å². The van der Waals surface area contributed by atoms with E-state index in [1.54, 1.807) is 58.9 Å². The van der Waals surface area contributed by atoms with E-state index >= 15 is 0 Å². The van der Waals surface area contributed by atoms with Crippen molar-refractivity contribution in [2.75, 3.05) is 17.2 Å². The van der Waals surface area contributed by atoms with E-state index in [1.165, 1.54) is 11.3 Å². The molecule has 2 N–H and O–H groups in total. The summed E-state index contributed by atoms with van der Waals surface area (Å²) in [6.07, 6.45) is 0.357. The molecule has 2 amide bonds. The van der Waals surface area contributed by atoms with E-state index in [4.69, 9.17) is 4.74 Å². The number of benzene rings is 1. The van der Waals surface area contributed by atoms with Crippen molar-refractivity contribution in [3.05, 3.63) is 45.8 Å². The van der Waals surface area contributed by atoms with Gasteiger partial charge in [-0.1, -0.05) is 27.7 Å². The Labute approximate surface area is 186 Å². The molecule has 0 spiro atoms. The van der Waals surface area contributed by atoms with Crippen molar-refractivity contribution in [2.45, 2.75) is 48.0 Å². The van der Waals surface area contributed by atoms with Crippen LogP contribution >= 0.6 is 11.3 Å². The molecule has 0 bridgehead atoms. The van der Waals surface area contributed by atoms with Crippen LogP contribution in [0.2, 0.25) is 0 Å². The molecule has 0 aliphatic carbocycles. The van der Waals surface area contributed by atoms with Crippen molar-refractivity contribution in [3.63, 3.8) is 0 Å². The fourth-order valence-electron chi connectivity index (χ4n) is 2.53. The fraction of sp³-hybridized carbons (Fsp3) is 0.391. The number of ether oxygens (including phenoxy) is 1. The zero-order valence-corrected chi connectivity index (χ0v) is 19.5.